The van der Waals surface area contributed by atoms with Crippen molar-refractivity contribution in [3.05, 3.63) is 77.9 Å². The van der Waals surface area contributed by atoms with Crippen molar-refractivity contribution in [2.45, 2.75) is 13.3 Å². The number of anilines is 2. The molecule has 1 aliphatic rings. The molecule has 0 fully saturated rings. The van der Waals surface area contributed by atoms with Crippen LogP contribution in [0.25, 0.3) is 10.9 Å². The van der Waals surface area contributed by atoms with E-state index in [4.69, 9.17) is 4.98 Å². The van der Waals surface area contributed by atoms with Gasteiger partial charge in [0.25, 0.3) is 5.91 Å². The number of pyridine rings is 1. The number of benzene rings is 2. The van der Waals surface area contributed by atoms with Gasteiger partial charge in [0.1, 0.15) is 5.82 Å². The van der Waals surface area contributed by atoms with E-state index in [1.165, 1.54) is 16.5 Å². The lowest BCUT2D eigenvalue weighted by Crippen LogP contribution is -2.23. The largest absolute Gasteiger partial charge is 0.349 e. The zero-order chi connectivity index (χ0) is 18.1. The first-order valence-electron chi connectivity index (χ1n) is 8.83. The van der Waals surface area contributed by atoms with Crippen LogP contribution in [0.1, 0.15) is 21.5 Å². The third-order valence-electron chi connectivity index (χ3n) is 4.74. The fourth-order valence-electron chi connectivity index (χ4n) is 3.38. The summed E-state index contributed by atoms with van der Waals surface area (Å²) in [6, 6.07) is 16.3. The van der Waals surface area contributed by atoms with Crippen LogP contribution in [0.15, 0.2) is 61.2 Å². The maximum absolute atomic E-state index is 12.0. The SMILES string of the molecule is C=CCNC(=O)c1ccc(N2CCc3cc4ccc(C)cc4nc32)cc1. The third kappa shape index (κ3) is 2.94. The van der Waals surface area contributed by atoms with E-state index in [9.17, 15) is 4.79 Å². The number of rotatable bonds is 4. The Bertz CT molecular complexity index is 992. The van der Waals surface area contributed by atoms with E-state index in [1.807, 2.05) is 24.3 Å². The molecule has 0 saturated carbocycles. The number of hydrogen-bond donors (Lipinski definition) is 1. The zero-order valence-corrected chi connectivity index (χ0v) is 14.8. The van der Waals surface area contributed by atoms with E-state index in [0.717, 1.165) is 30.0 Å². The number of carbonyl (C=O) groups is 1. The van der Waals surface area contributed by atoms with Gasteiger partial charge in [-0.2, -0.15) is 0 Å². The maximum Gasteiger partial charge on any atom is 0.251 e. The molecule has 1 aliphatic heterocycles. The number of amides is 1. The lowest BCUT2D eigenvalue weighted by molar-refractivity contribution is 0.0958. The van der Waals surface area contributed by atoms with Crippen LogP contribution in [0.3, 0.4) is 0 Å². The molecule has 0 saturated heterocycles. The lowest BCUT2D eigenvalue weighted by atomic mass is 10.1. The molecule has 130 valence electrons. The highest BCUT2D eigenvalue weighted by molar-refractivity contribution is 5.94. The minimum atomic E-state index is -0.0853. The highest BCUT2D eigenvalue weighted by Gasteiger charge is 2.23. The second-order valence-electron chi connectivity index (χ2n) is 6.61. The summed E-state index contributed by atoms with van der Waals surface area (Å²) >= 11 is 0. The molecule has 0 unspecified atom stereocenters. The molecule has 0 bridgehead atoms. The predicted molar refractivity (Wildman–Crippen MR) is 106 cm³/mol. The van der Waals surface area contributed by atoms with E-state index in [0.29, 0.717) is 12.1 Å². The topological polar surface area (TPSA) is 45.2 Å². The number of nitrogens with zero attached hydrogens (tertiary/aromatic N) is 2. The normalized spacial score (nSPS) is 12.9. The predicted octanol–water partition coefficient (Wildman–Crippen LogP) is 4.15. The highest BCUT2D eigenvalue weighted by atomic mass is 16.1. The van der Waals surface area contributed by atoms with Crippen LogP contribution in [0.4, 0.5) is 11.5 Å². The van der Waals surface area contributed by atoms with Crippen LogP contribution < -0.4 is 10.2 Å². The van der Waals surface area contributed by atoms with Crippen LogP contribution >= 0.6 is 0 Å². The molecule has 26 heavy (non-hydrogen) atoms. The van der Waals surface area contributed by atoms with Crippen LogP contribution in [0, 0.1) is 6.92 Å². The molecular formula is C22H21N3O. The van der Waals surface area contributed by atoms with Gasteiger partial charge >= 0.3 is 0 Å². The Morgan fingerprint density at radius 2 is 2.04 bits per heavy atom. The van der Waals surface area contributed by atoms with Crippen molar-refractivity contribution >= 4 is 28.3 Å². The van der Waals surface area contributed by atoms with Gasteiger partial charge in [0.15, 0.2) is 0 Å². The van der Waals surface area contributed by atoms with Crippen LogP contribution in [0.5, 0.6) is 0 Å². The molecule has 0 radical (unpaired) electrons. The Labute approximate surface area is 153 Å². The minimum absolute atomic E-state index is 0.0853. The summed E-state index contributed by atoms with van der Waals surface area (Å²) in [6.07, 6.45) is 2.65. The Hall–Kier alpha value is -3.14. The summed E-state index contributed by atoms with van der Waals surface area (Å²) in [6.45, 7) is 7.07. The Morgan fingerprint density at radius 3 is 2.81 bits per heavy atom. The second kappa shape index (κ2) is 6.64. The molecule has 3 aromatic rings. The van der Waals surface area contributed by atoms with Crippen molar-refractivity contribution < 1.29 is 4.79 Å². The highest BCUT2D eigenvalue weighted by Crippen LogP contribution is 2.35. The van der Waals surface area contributed by atoms with Gasteiger partial charge in [0.05, 0.1) is 5.52 Å². The number of carbonyl (C=O) groups excluding carboxylic acids is 1. The first-order chi connectivity index (χ1) is 12.7. The molecule has 4 heteroatoms. The number of hydrogen-bond acceptors (Lipinski definition) is 3. The molecule has 0 spiro atoms. The Balaban J connectivity index is 1.64. The summed E-state index contributed by atoms with van der Waals surface area (Å²) in [5.74, 6) is 0.935. The summed E-state index contributed by atoms with van der Waals surface area (Å²) < 4.78 is 0. The third-order valence-corrected chi connectivity index (χ3v) is 4.74. The smallest absolute Gasteiger partial charge is 0.251 e. The van der Waals surface area contributed by atoms with E-state index in [2.05, 4.69) is 48.0 Å². The monoisotopic (exact) mass is 343 g/mol. The summed E-state index contributed by atoms with van der Waals surface area (Å²) in [5.41, 5.74) is 5.22. The zero-order valence-electron chi connectivity index (χ0n) is 14.8. The molecule has 1 aromatic heterocycles. The first-order valence-corrected chi connectivity index (χ1v) is 8.83. The van der Waals surface area contributed by atoms with Crippen molar-refractivity contribution in [2.24, 2.45) is 0 Å². The molecule has 0 atom stereocenters. The maximum atomic E-state index is 12.0. The van der Waals surface area contributed by atoms with Crippen molar-refractivity contribution in [1.82, 2.24) is 10.3 Å². The van der Waals surface area contributed by atoms with Gasteiger partial charge < -0.3 is 10.2 Å². The quantitative estimate of drug-likeness (QED) is 0.724. The minimum Gasteiger partial charge on any atom is -0.349 e. The van der Waals surface area contributed by atoms with E-state index in [1.54, 1.807) is 6.08 Å². The van der Waals surface area contributed by atoms with Crippen molar-refractivity contribution in [3.63, 3.8) is 0 Å². The number of fused-ring (bicyclic) bond motifs is 2. The molecule has 2 aromatic carbocycles. The average molecular weight is 343 g/mol. The van der Waals surface area contributed by atoms with Crippen molar-refractivity contribution in [1.29, 1.82) is 0 Å². The summed E-state index contributed by atoms with van der Waals surface area (Å²) in [5, 5.41) is 3.98. The van der Waals surface area contributed by atoms with Gasteiger partial charge in [-0.1, -0.05) is 18.2 Å². The van der Waals surface area contributed by atoms with Gasteiger partial charge in [-0.25, -0.2) is 4.98 Å². The molecule has 1 amide bonds. The number of aromatic nitrogens is 1. The fourth-order valence-corrected chi connectivity index (χ4v) is 3.38. The van der Waals surface area contributed by atoms with E-state index < -0.39 is 0 Å². The standard InChI is InChI=1S/C22H21N3O/c1-3-11-23-22(26)16-6-8-19(9-7-16)25-12-10-18-14-17-5-4-15(2)13-20(17)24-21(18)25/h3-9,13-14H,1,10-12H2,2H3,(H,23,26). The second-order valence-corrected chi connectivity index (χ2v) is 6.61. The molecule has 1 N–H and O–H groups in total. The van der Waals surface area contributed by atoms with Crippen LogP contribution in [-0.2, 0) is 6.42 Å². The number of nitrogens with one attached hydrogen (secondary N) is 1. The van der Waals surface area contributed by atoms with E-state index in [-0.39, 0.29) is 5.91 Å². The molecule has 4 rings (SSSR count). The van der Waals surface area contributed by atoms with Gasteiger partial charge in [-0.05, 0) is 60.9 Å². The average Bonchev–Trinajstić information content (AvgIpc) is 3.07. The Kier molecular flexibility index (Phi) is 4.17. The molecule has 0 aliphatic carbocycles. The van der Waals surface area contributed by atoms with Gasteiger partial charge in [-0.15, -0.1) is 6.58 Å². The first kappa shape index (κ1) is 16.3. The van der Waals surface area contributed by atoms with Gasteiger partial charge in [0, 0.05) is 29.7 Å². The number of aryl methyl sites for hydroxylation is 1. The van der Waals surface area contributed by atoms with Crippen molar-refractivity contribution in [2.75, 3.05) is 18.0 Å². The summed E-state index contributed by atoms with van der Waals surface area (Å²) in [4.78, 5) is 19.2. The molecule has 2 heterocycles. The van der Waals surface area contributed by atoms with Crippen LogP contribution in [-0.4, -0.2) is 24.0 Å². The van der Waals surface area contributed by atoms with Crippen molar-refractivity contribution in [3.8, 4) is 0 Å². The van der Waals surface area contributed by atoms with E-state index >= 15 is 0 Å². The van der Waals surface area contributed by atoms with Gasteiger partial charge in [0.2, 0.25) is 0 Å². The molecular weight excluding hydrogens is 322 g/mol. The fraction of sp³-hybridized carbons (Fsp3) is 0.182. The molecule has 4 nitrogen and oxygen atoms in total. The van der Waals surface area contributed by atoms with Crippen LogP contribution in [0.2, 0.25) is 0 Å². The Morgan fingerprint density at radius 1 is 1.23 bits per heavy atom. The lowest BCUT2D eigenvalue weighted by Gasteiger charge is -2.19. The summed E-state index contributed by atoms with van der Waals surface area (Å²) in [7, 11) is 0. The van der Waals surface area contributed by atoms with Gasteiger partial charge in [-0.3, -0.25) is 4.79 Å².